The summed E-state index contributed by atoms with van der Waals surface area (Å²) in [6.45, 7) is 0. The zero-order chi connectivity index (χ0) is 12.0. The van der Waals surface area contributed by atoms with Gasteiger partial charge in [-0.05, 0) is 18.2 Å². The third kappa shape index (κ3) is 3.33. The second-order valence-electron chi connectivity index (χ2n) is 2.80. The van der Waals surface area contributed by atoms with E-state index in [-0.39, 0.29) is 11.3 Å². The highest BCUT2D eigenvalue weighted by molar-refractivity contribution is 5.90. The van der Waals surface area contributed by atoms with Crippen LogP contribution >= 0.6 is 0 Å². The van der Waals surface area contributed by atoms with Gasteiger partial charge in [-0.25, -0.2) is 4.79 Å². The number of aromatic carboxylic acids is 1. The zero-order valence-electron chi connectivity index (χ0n) is 8.18. The molecule has 1 heterocycles. The Kier molecular flexibility index (Phi) is 3.90. The number of hydrogen-bond donors (Lipinski definition) is 3. The fourth-order valence-electron chi connectivity index (χ4n) is 0.928. The van der Waals surface area contributed by atoms with Crippen LogP contribution in [0.4, 0.5) is 0 Å². The smallest absolute Gasteiger partial charge is 0.335 e. The van der Waals surface area contributed by atoms with E-state index < -0.39 is 11.7 Å². The number of imidazole rings is 1. The number of hydrogen-bond acceptors (Lipinski definition) is 3. The van der Waals surface area contributed by atoms with E-state index in [1.165, 1.54) is 0 Å². The average Bonchev–Trinajstić information content (AvgIpc) is 2.74. The lowest BCUT2D eigenvalue weighted by Crippen LogP contribution is -2.02. The number of carbonyl (C=O) groups is 1. The van der Waals surface area contributed by atoms with Gasteiger partial charge in [-0.1, -0.05) is 5.75 Å². The van der Waals surface area contributed by atoms with Crippen LogP contribution in [0.1, 0.15) is 10.4 Å². The number of nitrogens with one attached hydrogen (secondary N) is 2. The molecule has 0 fully saturated rings. The lowest BCUT2D eigenvalue weighted by atomic mass is 10.2. The Hall–Kier alpha value is -2.50. The number of rotatable bonds is 1. The van der Waals surface area contributed by atoms with Crippen molar-refractivity contribution in [2.45, 2.75) is 0 Å². The Labute approximate surface area is 90.8 Å². The standard InChI is InChI=1S/C7H6O4.C3H4N2/c8-4-1-2-5(7(10)11)6(9)3-4;1-2-5-3-4-1/h1-3,8-9H,(H,10,11);1-3H,(H,4,5). The van der Waals surface area contributed by atoms with Gasteiger partial charge in [-0.2, -0.15) is 0 Å². The lowest BCUT2D eigenvalue weighted by Gasteiger charge is -2.08. The third-order valence-electron chi connectivity index (χ3n) is 1.64. The Morgan fingerprint density at radius 3 is 2.56 bits per heavy atom. The SMILES string of the molecule is O=C(O)c1ccc(O)cc1[O-].c1c[nH+]c[nH]1. The monoisotopic (exact) mass is 222 g/mol. The van der Waals surface area contributed by atoms with Crippen molar-refractivity contribution < 1.29 is 25.1 Å². The highest BCUT2D eigenvalue weighted by Crippen LogP contribution is 2.19. The molecule has 6 heteroatoms. The Balaban J connectivity index is 0.000000212. The molecule has 1 aromatic heterocycles. The van der Waals surface area contributed by atoms with Gasteiger partial charge in [0.1, 0.15) is 18.1 Å². The summed E-state index contributed by atoms with van der Waals surface area (Å²) >= 11 is 0. The van der Waals surface area contributed by atoms with Crippen LogP contribution < -0.4 is 10.1 Å². The van der Waals surface area contributed by atoms with Gasteiger partial charge in [0.15, 0.2) is 0 Å². The maximum absolute atomic E-state index is 10.7. The minimum absolute atomic E-state index is 0.222. The summed E-state index contributed by atoms with van der Waals surface area (Å²) in [4.78, 5) is 15.9. The fourth-order valence-corrected chi connectivity index (χ4v) is 0.928. The summed E-state index contributed by atoms with van der Waals surface area (Å²) in [6.07, 6.45) is 5.39. The molecule has 6 nitrogen and oxygen atoms in total. The Bertz CT molecular complexity index is 437. The van der Waals surface area contributed by atoms with Gasteiger partial charge in [0.25, 0.3) is 0 Å². The number of phenolic OH excluding ortho intramolecular Hbond substituents is 1. The molecule has 84 valence electrons. The second-order valence-corrected chi connectivity index (χ2v) is 2.80. The van der Waals surface area contributed by atoms with E-state index in [4.69, 9.17) is 10.2 Å². The summed E-state index contributed by atoms with van der Waals surface area (Å²) in [6, 6.07) is 3.09. The van der Waals surface area contributed by atoms with E-state index in [1.54, 1.807) is 6.33 Å². The fraction of sp³-hybridized carbons (Fsp3) is 0. The van der Waals surface area contributed by atoms with Crippen LogP contribution in [-0.4, -0.2) is 21.2 Å². The summed E-state index contributed by atoms with van der Waals surface area (Å²) in [5.41, 5.74) is -0.331. The molecule has 0 spiro atoms. The van der Waals surface area contributed by atoms with E-state index in [2.05, 4.69) is 9.97 Å². The largest absolute Gasteiger partial charge is 0.872 e. The average molecular weight is 222 g/mol. The first kappa shape index (κ1) is 11.6. The Morgan fingerprint density at radius 1 is 1.44 bits per heavy atom. The van der Waals surface area contributed by atoms with Crippen molar-refractivity contribution in [2.75, 3.05) is 0 Å². The van der Waals surface area contributed by atoms with E-state index in [1.807, 2.05) is 12.4 Å². The van der Waals surface area contributed by atoms with E-state index in [9.17, 15) is 9.90 Å². The molecule has 0 saturated heterocycles. The summed E-state index contributed by atoms with van der Waals surface area (Å²) in [5, 5.41) is 27.8. The summed E-state index contributed by atoms with van der Waals surface area (Å²) < 4.78 is 0. The molecule has 2 rings (SSSR count). The molecular weight excluding hydrogens is 212 g/mol. The van der Waals surface area contributed by atoms with Crippen LogP contribution in [0.15, 0.2) is 36.9 Å². The molecular formula is C10H10N2O4. The van der Waals surface area contributed by atoms with Crippen molar-refractivity contribution in [1.82, 2.24) is 4.98 Å². The molecule has 16 heavy (non-hydrogen) atoms. The lowest BCUT2D eigenvalue weighted by molar-refractivity contribution is -0.375. The first-order valence-corrected chi connectivity index (χ1v) is 4.33. The predicted molar refractivity (Wildman–Crippen MR) is 51.9 cm³/mol. The van der Waals surface area contributed by atoms with Gasteiger partial charge < -0.3 is 15.3 Å². The molecule has 1 aromatic carbocycles. The Morgan fingerprint density at radius 2 is 2.19 bits per heavy atom. The predicted octanol–water partition coefficient (Wildman–Crippen LogP) is -0.00720. The highest BCUT2D eigenvalue weighted by atomic mass is 16.4. The van der Waals surface area contributed by atoms with E-state index in [0.717, 1.165) is 18.2 Å². The first-order valence-electron chi connectivity index (χ1n) is 4.33. The minimum atomic E-state index is -1.28. The maximum atomic E-state index is 10.7. The maximum Gasteiger partial charge on any atom is 0.335 e. The number of aromatic nitrogens is 2. The summed E-state index contributed by atoms with van der Waals surface area (Å²) in [5.74, 6) is -2.19. The number of aromatic hydroxyl groups is 1. The van der Waals surface area contributed by atoms with Crippen LogP contribution in [0.25, 0.3) is 0 Å². The molecule has 0 aliphatic carbocycles. The van der Waals surface area contributed by atoms with Gasteiger partial charge in [-0.3, -0.25) is 9.97 Å². The number of phenols is 1. The molecule has 0 aliphatic heterocycles. The molecule has 2 aromatic rings. The number of carboxylic acid groups (broad SMARTS) is 1. The van der Waals surface area contributed by atoms with Crippen molar-refractivity contribution in [3.05, 3.63) is 42.5 Å². The van der Waals surface area contributed by atoms with E-state index >= 15 is 0 Å². The zero-order valence-corrected chi connectivity index (χ0v) is 8.18. The van der Waals surface area contributed by atoms with Gasteiger partial charge in [-0.15, -0.1) is 0 Å². The van der Waals surface area contributed by atoms with Crippen molar-refractivity contribution in [3.8, 4) is 11.5 Å². The topological polar surface area (TPSA) is 111 Å². The highest BCUT2D eigenvalue weighted by Gasteiger charge is 2.02. The van der Waals surface area contributed by atoms with Crippen molar-refractivity contribution >= 4 is 5.97 Å². The third-order valence-corrected chi connectivity index (χ3v) is 1.64. The number of H-pyrrole nitrogens is 2. The molecule has 0 bridgehead atoms. The van der Waals surface area contributed by atoms with Gasteiger partial charge >= 0.3 is 5.97 Å². The van der Waals surface area contributed by atoms with Crippen LogP contribution in [0.5, 0.6) is 11.5 Å². The molecule has 0 unspecified atom stereocenters. The molecule has 0 aliphatic rings. The molecule has 4 N–H and O–H groups in total. The molecule has 0 amide bonds. The minimum Gasteiger partial charge on any atom is -0.872 e. The van der Waals surface area contributed by atoms with Crippen molar-refractivity contribution in [1.29, 1.82) is 0 Å². The van der Waals surface area contributed by atoms with Gasteiger partial charge in [0.05, 0.1) is 5.56 Å². The molecule has 0 atom stereocenters. The quantitative estimate of drug-likeness (QED) is 0.630. The number of benzene rings is 1. The van der Waals surface area contributed by atoms with Crippen LogP contribution in [0.3, 0.4) is 0 Å². The van der Waals surface area contributed by atoms with E-state index in [0.29, 0.717) is 0 Å². The van der Waals surface area contributed by atoms with Gasteiger partial charge in [0, 0.05) is 0 Å². The first-order chi connectivity index (χ1) is 7.61. The van der Waals surface area contributed by atoms with Crippen molar-refractivity contribution in [3.63, 3.8) is 0 Å². The van der Waals surface area contributed by atoms with Crippen LogP contribution in [0, 0.1) is 0 Å². The number of aromatic amines is 2. The van der Waals surface area contributed by atoms with Crippen molar-refractivity contribution in [2.24, 2.45) is 0 Å². The number of carboxylic acids is 1. The van der Waals surface area contributed by atoms with Crippen LogP contribution in [-0.2, 0) is 0 Å². The molecule has 0 radical (unpaired) electrons. The summed E-state index contributed by atoms with van der Waals surface area (Å²) in [7, 11) is 0. The normalized spacial score (nSPS) is 9.00. The second kappa shape index (κ2) is 5.40. The van der Waals surface area contributed by atoms with Crippen LogP contribution in [0.2, 0.25) is 0 Å². The van der Waals surface area contributed by atoms with Gasteiger partial charge in [0.2, 0.25) is 6.33 Å². The molecule has 0 saturated carbocycles.